The summed E-state index contributed by atoms with van der Waals surface area (Å²) >= 11 is 0. The van der Waals surface area contributed by atoms with Crippen LogP contribution in [0.2, 0.25) is 0 Å². The predicted octanol–water partition coefficient (Wildman–Crippen LogP) is 0.342. The van der Waals surface area contributed by atoms with E-state index in [4.69, 9.17) is 29.4 Å². The molecule has 104 valence electrons. The highest BCUT2D eigenvalue weighted by Crippen LogP contribution is 2.39. The number of hydrogen-bond acceptors (Lipinski definition) is 6. The second-order valence-corrected chi connectivity index (χ2v) is 6.01. The fourth-order valence-electron chi connectivity index (χ4n) is 2.77. The Kier molecular flexibility index (Phi) is 2.75. The van der Waals surface area contributed by atoms with Crippen LogP contribution in [0.3, 0.4) is 0 Å². The lowest BCUT2D eigenvalue weighted by Crippen LogP contribution is -2.47. The highest BCUT2D eigenvalue weighted by Gasteiger charge is 2.56. The average molecular weight is 259 g/mol. The van der Waals surface area contributed by atoms with E-state index in [2.05, 4.69) is 0 Å². The van der Waals surface area contributed by atoms with Crippen LogP contribution in [0.15, 0.2) is 0 Å². The predicted molar refractivity (Wildman–Crippen MR) is 61.6 cm³/mol. The summed E-state index contributed by atoms with van der Waals surface area (Å²) in [6.07, 6.45) is -1.07. The van der Waals surface area contributed by atoms with Crippen molar-refractivity contribution in [2.24, 2.45) is 5.73 Å². The van der Waals surface area contributed by atoms with E-state index in [0.29, 0.717) is 6.61 Å². The van der Waals surface area contributed by atoms with Gasteiger partial charge in [-0.2, -0.15) is 0 Å². The van der Waals surface area contributed by atoms with Gasteiger partial charge in [-0.25, -0.2) is 0 Å². The van der Waals surface area contributed by atoms with Crippen LogP contribution in [-0.4, -0.2) is 48.8 Å². The molecule has 3 saturated heterocycles. The minimum absolute atomic E-state index is 0.170. The Morgan fingerprint density at radius 3 is 2.22 bits per heavy atom. The molecular weight excluding hydrogens is 238 g/mol. The summed E-state index contributed by atoms with van der Waals surface area (Å²) in [5.74, 6) is -1.21. The Labute approximate surface area is 107 Å². The minimum Gasteiger partial charge on any atom is -0.348 e. The molecule has 0 aliphatic carbocycles. The van der Waals surface area contributed by atoms with Gasteiger partial charge in [-0.15, -0.1) is 0 Å². The van der Waals surface area contributed by atoms with Crippen molar-refractivity contribution in [1.82, 2.24) is 0 Å². The maximum atomic E-state index is 6.19. The zero-order valence-corrected chi connectivity index (χ0v) is 11.2. The van der Waals surface area contributed by atoms with Crippen molar-refractivity contribution >= 4 is 0 Å². The Hall–Kier alpha value is -0.240. The number of ether oxygens (including phenoxy) is 5. The molecular formula is C12H21NO5. The van der Waals surface area contributed by atoms with Crippen molar-refractivity contribution in [1.29, 1.82) is 0 Å². The molecule has 0 aromatic rings. The maximum Gasteiger partial charge on any atom is 0.189 e. The second-order valence-electron chi connectivity index (χ2n) is 6.01. The number of rotatable bonds is 1. The Balaban J connectivity index is 1.68. The summed E-state index contributed by atoms with van der Waals surface area (Å²) in [6.45, 7) is 7.95. The van der Waals surface area contributed by atoms with Crippen molar-refractivity contribution < 1.29 is 23.7 Å². The molecule has 0 amide bonds. The summed E-state index contributed by atoms with van der Waals surface area (Å²) in [4.78, 5) is 0. The zero-order chi connectivity index (χ0) is 13.1. The molecule has 3 heterocycles. The van der Waals surface area contributed by atoms with Crippen molar-refractivity contribution in [2.45, 2.75) is 69.9 Å². The summed E-state index contributed by atoms with van der Waals surface area (Å²) < 4.78 is 28.6. The van der Waals surface area contributed by atoms with Crippen LogP contribution in [0.5, 0.6) is 0 Å². The average Bonchev–Trinajstić information content (AvgIpc) is 2.81. The van der Waals surface area contributed by atoms with Gasteiger partial charge in [0.1, 0.15) is 18.3 Å². The second kappa shape index (κ2) is 3.88. The molecule has 6 nitrogen and oxygen atoms in total. The smallest absolute Gasteiger partial charge is 0.189 e. The molecule has 3 aliphatic heterocycles. The molecule has 3 fully saturated rings. The van der Waals surface area contributed by atoms with E-state index in [1.54, 1.807) is 0 Å². The van der Waals surface area contributed by atoms with E-state index in [0.717, 1.165) is 0 Å². The van der Waals surface area contributed by atoms with Gasteiger partial charge in [-0.05, 0) is 27.7 Å². The summed E-state index contributed by atoms with van der Waals surface area (Å²) in [5.41, 5.74) is 6.19. The van der Waals surface area contributed by atoms with Gasteiger partial charge in [-0.1, -0.05) is 0 Å². The first kappa shape index (κ1) is 12.8. The molecule has 0 aromatic heterocycles. The van der Waals surface area contributed by atoms with Crippen molar-refractivity contribution in [3.63, 3.8) is 0 Å². The Morgan fingerprint density at radius 2 is 1.67 bits per heavy atom. The van der Waals surface area contributed by atoms with Gasteiger partial charge in [0.2, 0.25) is 0 Å². The fraction of sp³-hybridized carbons (Fsp3) is 1.00. The van der Waals surface area contributed by atoms with E-state index in [1.165, 1.54) is 0 Å². The summed E-state index contributed by atoms with van der Waals surface area (Å²) in [6, 6.07) is -0.265. The lowest BCUT2D eigenvalue weighted by Gasteiger charge is -2.26. The van der Waals surface area contributed by atoms with Gasteiger partial charge in [0.25, 0.3) is 0 Å². The van der Waals surface area contributed by atoms with Crippen LogP contribution in [0, 0.1) is 0 Å². The van der Waals surface area contributed by atoms with Crippen molar-refractivity contribution in [3.8, 4) is 0 Å². The van der Waals surface area contributed by atoms with Crippen LogP contribution in [0.4, 0.5) is 0 Å². The van der Waals surface area contributed by atoms with Gasteiger partial charge < -0.3 is 29.4 Å². The molecule has 0 spiro atoms. The quantitative estimate of drug-likeness (QED) is 0.732. The topological polar surface area (TPSA) is 72.2 Å². The van der Waals surface area contributed by atoms with Gasteiger partial charge in [0, 0.05) is 0 Å². The third kappa shape index (κ3) is 2.07. The first-order valence-corrected chi connectivity index (χ1v) is 6.36. The van der Waals surface area contributed by atoms with Crippen LogP contribution in [0.1, 0.15) is 27.7 Å². The van der Waals surface area contributed by atoms with Crippen LogP contribution < -0.4 is 5.73 Å². The molecule has 0 saturated carbocycles. The zero-order valence-electron chi connectivity index (χ0n) is 11.2. The third-order valence-corrected chi connectivity index (χ3v) is 3.53. The van der Waals surface area contributed by atoms with E-state index in [1.807, 2.05) is 27.7 Å². The first-order chi connectivity index (χ1) is 8.27. The largest absolute Gasteiger partial charge is 0.348 e. The fourth-order valence-corrected chi connectivity index (χ4v) is 2.77. The number of fused-ring (bicyclic) bond motifs is 1. The molecule has 0 bridgehead atoms. The standard InChI is InChI=1S/C12H21NO5/c1-11(2)14-5-6(16-11)8-7(13)9-10(15-8)18-12(3,4)17-9/h6-10H,5,13H2,1-4H3/t6-,7?,8?,9?,10?/m1/s1. The molecule has 2 N–H and O–H groups in total. The van der Waals surface area contributed by atoms with Crippen LogP contribution in [0.25, 0.3) is 0 Å². The minimum atomic E-state index is -0.635. The van der Waals surface area contributed by atoms with Crippen LogP contribution in [-0.2, 0) is 23.7 Å². The first-order valence-electron chi connectivity index (χ1n) is 6.36. The highest BCUT2D eigenvalue weighted by atomic mass is 16.8. The molecule has 18 heavy (non-hydrogen) atoms. The lowest BCUT2D eigenvalue weighted by atomic mass is 10.0. The molecule has 4 unspecified atom stereocenters. The van der Waals surface area contributed by atoms with E-state index >= 15 is 0 Å². The molecule has 3 aliphatic rings. The Morgan fingerprint density at radius 1 is 0.944 bits per heavy atom. The molecule has 5 atom stereocenters. The summed E-state index contributed by atoms with van der Waals surface area (Å²) in [7, 11) is 0. The number of hydrogen-bond donors (Lipinski definition) is 1. The van der Waals surface area contributed by atoms with Crippen LogP contribution >= 0.6 is 0 Å². The van der Waals surface area contributed by atoms with E-state index < -0.39 is 17.9 Å². The summed E-state index contributed by atoms with van der Waals surface area (Å²) in [5, 5.41) is 0. The van der Waals surface area contributed by atoms with E-state index in [9.17, 15) is 0 Å². The van der Waals surface area contributed by atoms with Gasteiger partial charge >= 0.3 is 0 Å². The lowest BCUT2D eigenvalue weighted by molar-refractivity contribution is -0.222. The molecule has 3 rings (SSSR count). The monoisotopic (exact) mass is 259 g/mol. The van der Waals surface area contributed by atoms with Crippen molar-refractivity contribution in [2.75, 3.05) is 6.61 Å². The maximum absolute atomic E-state index is 6.19. The molecule has 0 aromatic carbocycles. The highest BCUT2D eigenvalue weighted by molar-refractivity contribution is 4.99. The number of nitrogens with two attached hydrogens (primary N) is 1. The van der Waals surface area contributed by atoms with E-state index in [-0.39, 0.29) is 24.4 Å². The van der Waals surface area contributed by atoms with Gasteiger partial charge in [0.15, 0.2) is 17.9 Å². The normalized spacial score (nSPS) is 49.5. The van der Waals surface area contributed by atoms with Crippen molar-refractivity contribution in [3.05, 3.63) is 0 Å². The third-order valence-electron chi connectivity index (χ3n) is 3.53. The van der Waals surface area contributed by atoms with Gasteiger partial charge in [-0.3, -0.25) is 0 Å². The SMILES string of the molecule is CC1(C)OC2OC([C@H]3COC(C)(C)O3)C(N)C2O1. The Bertz CT molecular complexity index is 345. The molecule has 6 heteroatoms. The van der Waals surface area contributed by atoms with Gasteiger partial charge in [0.05, 0.1) is 12.6 Å². The molecule has 0 radical (unpaired) electrons.